The molecule has 3 aromatic carbocycles. The van der Waals surface area contributed by atoms with E-state index in [1.165, 1.54) is 4.90 Å². The SMILES string of the molecule is CCOc1ccccc1N(CC(=O)N(Cc1cccc(Br)c1)[C@@H](Cc1ccccc1)C(=O)NC(C)C)S(C)(=O)=O. The van der Waals surface area contributed by atoms with Crippen LogP contribution in [0.5, 0.6) is 5.75 Å². The van der Waals surface area contributed by atoms with Crippen molar-refractivity contribution < 1.29 is 22.7 Å². The van der Waals surface area contributed by atoms with Gasteiger partial charge in [-0.05, 0) is 56.2 Å². The molecule has 0 aliphatic carbocycles. The third-order valence-corrected chi connectivity index (χ3v) is 7.68. The first kappa shape index (κ1) is 31.2. The molecule has 0 aliphatic rings. The lowest BCUT2D eigenvalue weighted by Crippen LogP contribution is -2.54. The Kier molecular flexibility index (Phi) is 11.2. The van der Waals surface area contributed by atoms with Crippen LogP contribution in [-0.4, -0.2) is 56.6 Å². The maximum atomic E-state index is 14.1. The average Bonchev–Trinajstić information content (AvgIpc) is 2.89. The van der Waals surface area contributed by atoms with Crippen molar-refractivity contribution in [1.29, 1.82) is 0 Å². The summed E-state index contributed by atoms with van der Waals surface area (Å²) in [5.74, 6) is -0.487. The molecule has 0 heterocycles. The predicted molar refractivity (Wildman–Crippen MR) is 162 cm³/mol. The monoisotopic (exact) mass is 629 g/mol. The lowest BCUT2D eigenvalue weighted by Gasteiger charge is -2.34. The van der Waals surface area contributed by atoms with Crippen LogP contribution >= 0.6 is 15.9 Å². The lowest BCUT2D eigenvalue weighted by molar-refractivity contribution is -0.140. The fourth-order valence-electron chi connectivity index (χ4n) is 4.30. The van der Waals surface area contributed by atoms with E-state index >= 15 is 0 Å². The summed E-state index contributed by atoms with van der Waals surface area (Å²) < 4.78 is 33.5. The molecule has 0 aromatic heterocycles. The Labute approximate surface area is 245 Å². The van der Waals surface area contributed by atoms with Crippen LogP contribution in [0.25, 0.3) is 0 Å². The second-order valence-electron chi connectivity index (χ2n) is 9.69. The van der Waals surface area contributed by atoms with Crippen molar-refractivity contribution in [2.75, 3.05) is 23.7 Å². The minimum atomic E-state index is -3.89. The Bertz CT molecular complexity index is 1400. The molecule has 214 valence electrons. The first-order valence-corrected chi connectivity index (χ1v) is 15.7. The summed E-state index contributed by atoms with van der Waals surface area (Å²) in [6.07, 6.45) is 1.31. The molecule has 0 bridgehead atoms. The average molecular weight is 631 g/mol. The molecule has 0 radical (unpaired) electrons. The van der Waals surface area contributed by atoms with Gasteiger partial charge >= 0.3 is 0 Å². The van der Waals surface area contributed by atoms with E-state index in [-0.39, 0.29) is 30.6 Å². The number of anilines is 1. The molecule has 0 spiro atoms. The molecular formula is C30H36BrN3O5S. The van der Waals surface area contributed by atoms with Gasteiger partial charge in [-0.25, -0.2) is 8.42 Å². The number of carbonyl (C=O) groups excluding carboxylic acids is 2. The smallest absolute Gasteiger partial charge is 0.244 e. The number of para-hydroxylation sites is 2. The summed E-state index contributed by atoms with van der Waals surface area (Å²) in [5.41, 5.74) is 1.92. The second kappa shape index (κ2) is 14.3. The number of rotatable bonds is 13. The maximum Gasteiger partial charge on any atom is 0.244 e. The van der Waals surface area contributed by atoms with Crippen molar-refractivity contribution >= 4 is 43.5 Å². The molecule has 3 aromatic rings. The summed E-state index contributed by atoms with van der Waals surface area (Å²) >= 11 is 3.48. The van der Waals surface area contributed by atoms with Crippen LogP contribution < -0.4 is 14.4 Å². The minimum Gasteiger partial charge on any atom is -0.492 e. The Morgan fingerprint density at radius 1 is 0.950 bits per heavy atom. The van der Waals surface area contributed by atoms with Gasteiger partial charge in [0.05, 0.1) is 18.6 Å². The number of nitrogens with zero attached hydrogens (tertiary/aromatic N) is 2. The molecule has 3 rings (SSSR count). The van der Waals surface area contributed by atoms with E-state index in [2.05, 4.69) is 21.2 Å². The Morgan fingerprint density at radius 2 is 1.60 bits per heavy atom. The third kappa shape index (κ3) is 8.82. The van der Waals surface area contributed by atoms with E-state index in [1.807, 2.05) is 68.4 Å². The highest BCUT2D eigenvalue weighted by molar-refractivity contribution is 9.10. The summed E-state index contributed by atoms with van der Waals surface area (Å²) in [5, 5.41) is 2.94. The number of hydrogen-bond acceptors (Lipinski definition) is 5. The van der Waals surface area contributed by atoms with E-state index in [4.69, 9.17) is 4.74 Å². The molecule has 0 saturated carbocycles. The number of benzene rings is 3. The van der Waals surface area contributed by atoms with Crippen LogP contribution in [0.3, 0.4) is 0 Å². The van der Waals surface area contributed by atoms with E-state index in [9.17, 15) is 18.0 Å². The zero-order valence-corrected chi connectivity index (χ0v) is 25.6. The molecular weight excluding hydrogens is 594 g/mol. The van der Waals surface area contributed by atoms with Crippen LogP contribution in [0.4, 0.5) is 5.69 Å². The number of sulfonamides is 1. The fourth-order valence-corrected chi connectivity index (χ4v) is 5.60. The van der Waals surface area contributed by atoms with Gasteiger partial charge in [0.1, 0.15) is 18.3 Å². The van der Waals surface area contributed by atoms with E-state index < -0.39 is 28.5 Å². The van der Waals surface area contributed by atoms with Gasteiger partial charge in [-0.15, -0.1) is 0 Å². The lowest BCUT2D eigenvalue weighted by atomic mass is 10.0. The molecule has 8 nitrogen and oxygen atoms in total. The Hall–Kier alpha value is -3.37. The second-order valence-corrected chi connectivity index (χ2v) is 12.5. The van der Waals surface area contributed by atoms with E-state index in [1.54, 1.807) is 31.2 Å². The van der Waals surface area contributed by atoms with Crippen LogP contribution in [0.2, 0.25) is 0 Å². The van der Waals surface area contributed by atoms with Crippen molar-refractivity contribution in [3.8, 4) is 5.75 Å². The number of ether oxygens (including phenoxy) is 1. The van der Waals surface area contributed by atoms with Crippen LogP contribution in [0, 0.1) is 0 Å². The molecule has 1 atom stereocenters. The van der Waals surface area contributed by atoms with Gasteiger partial charge in [-0.3, -0.25) is 13.9 Å². The van der Waals surface area contributed by atoms with Crippen LogP contribution in [0.1, 0.15) is 31.9 Å². The largest absolute Gasteiger partial charge is 0.492 e. The van der Waals surface area contributed by atoms with Crippen molar-refractivity contribution in [1.82, 2.24) is 10.2 Å². The highest BCUT2D eigenvalue weighted by Crippen LogP contribution is 2.30. The van der Waals surface area contributed by atoms with Gasteiger partial charge in [0.2, 0.25) is 21.8 Å². The number of nitrogens with one attached hydrogen (secondary N) is 1. The van der Waals surface area contributed by atoms with Crippen LogP contribution in [-0.2, 0) is 32.6 Å². The van der Waals surface area contributed by atoms with Gasteiger partial charge in [0.25, 0.3) is 0 Å². The maximum absolute atomic E-state index is 14.1. The highest BCUT2D eigenvalue weighted by atomic mass is 79.9. The molecule has 0 aliphatic heterocycles. The van der Waals surface area contributed by atoms with Crippen molar-refractivity contribution in [3.63, 3.8) is 0 Å². The number of hydrogen-bond donors (Lipinski definition) is 1. The number of amides is 2. The number of carbonyl (C=O) groups is 2. The van der Waals surface area contributed by atoms with Gasteiger partial charge in [0.15, 0.2) is 0 Å². The molecule has 1 N–H and O–H groups in total. The van der Waals surface area contributed by atoms with Crippen molar-refractivity contribution in [2.45, 2.75) is 45.8 Å². The van der Waals surface area contributed by atoms with Crippen molar-refractivity contribution in [2.24, 2.45) is 0 Å². The minimum absolute atomic E-state index is 0.103. The quantitative estimate of drug-likeness (QED) is 0.294. The predicted octanol–water partition coefficient (Wildman–Crippen LogP) is 4.78. The topological polar surface area (TPSA) is 96.0 Å². The van der Waals surface area contributed by atoms with Gasteiger partial charge in [0, 0.05) is 23.5 Å². The molecule has 0 fully saturated rings. The Morgan fingerprint density at radius 3 is 2.23 bits per heavy atom. The summed E-state index contributed by atoms with van der Waals surface area (Å²) in [7, 11) is -3.89. The normalized spacial score (nSPS) is 12.1. The summed E-state index contributed by atoms with van der Waals surface area (Å²) in [4.78, 5) is 29.2. The summed E-state index contributed by atoms with van der Waals surface area (Å²) in [6.45, 7) is 5.44. The van der Waals surface area contributed by atoms with Gasteiger partial charge in [-0.2, -0.15) is 0 Å². The van der Waals surface area contributed by atoms with Crippen molar-refractivity contribution in [3.05, 3.63) is 94.5 Å². The highest BCUT2D eigenvalue weighted by Gasteiger charge is 2.34. The molecule has 2 amide bonds. The molecule has 0 saturated heterocycles. The Balaban J connectivity index is 2.08. The standard InChI is InChI=1S/C30H36BrN3O5S/c1-5-39-28-17-10-9-16-26(28)34(40(4,37)38)21-29(35)33(20-24-14-11-15-25(31)18-24)27(30(36)32-22(2)3)19-23-12-7-6-8-13-23/h6-18,22,27H,5,19-21H2,1-4H3,(H,32,36)/t27-/m0/s1. The third-order valence-electron chi connectivity index (χ3n) is 6.06. The van der Waals surface area contributed by atoms with Crippen LogP contribution in [0.15, 0.2) is 83.3 Å². The number of halogens is 1. The fraction of sp³-hybridized carbons (Fsp3) is 0.333. The molecule has 0 unspecified atom stereocenters. The first-order valence-electron chi connectivity index (χ1n) is 13.1. The zero-order chi connectivity index (χ0) is 29.3. The molecule has 10 heteroatoms. The molecule has 40 heavy (non-hydrogen) atoms. The van der Waals surface area contributed by atoms with Gasteiger partial charge < -0.3 is 15.0 Å². The summed E-state index contributed by atoms with van der Waals surface area (Å²) in [6, 6.07) is 22.6. The van der Waals surface area contributed by atoms with E-state index in [0.717, 1.165) is 26.2 Å². The van der Waals surface area contributed by atoms with Gasteiger partial charge in [-0.1, -0.05) is 70.5 Å². The zero-order valence-electron chi connectivity index (χ0n) is 23.2. The van der Waals surface area contributed by atoms with E-state index in [0.29, 0.717) is 12.4 Å². The first-order chi connectivity index (χ1) is 19.0.